The van der Waals surface area contributed by atoms with Crippen LogP contribution in [0.4, 0.5) is 0 Å². The van der Waals surface area contributed by atoms with Crippen LogP contribution in [0, 0.1) is 5.92 Å². The van der Waals surface area contributed by atoms with Crippen molar-refractivity contribution >= 4 is 29.3 Å². The Morgan fingerprint density at radius 3 is 2.73 bits per heavy atom. The molecule has 0 fully saturated rings. The molecule has 0 saturated heterocycles. The van der Waals surface area contributed by atoms with Gasteiger partial charge in [-0.2, -0.15) is 0 Å². The average molecular weight is 241 g/mol. The van der Waals surface area contributed by atoms with Crippen LogP contribution in [0.2, 0.25) is 0 Å². The number of rotatable bonds is 4. The molecule has 0 aliphatic heterocycles. The third kappa shape index (κ3) is 2.21. The molecule has 1 aliphatic rings. The van der Waals surface area contributed by atoms with Crippen LogP contribution in [0.25, 0.3) is 6.08 Å². The van der Waals surface area contributed by atoms with E-state index in [1.807, 2.05) is 0 Å². The van der Waals surface area contributed by atoms with E-state index in [2.05, 4.69) is 36.4 Å². The van der Waals surface area contributed by atoms with Crippen molar-refractivity contribution in [3.05, 3.63) is 41.5 Å². The Morgan fingerprint density at radius 1 is 1.20 bits per heavy atom. The second-order valence-electron chi connectivity index (χ2n) is 3.91. The molecule has 2 heteroatoms. The normalized spacial score (nSPS) is 20.3. The zero-order chi connectivity index (χ0) is 10.7. The van der Waals surface area contributed by atoms with Crippen LogP contribution >= 0.6 is 23.2 Å². The minimum atomic E-state index is 0.456. The second-order valence-corrected chi connectivity index (χ2v) is 4.59. The number of benzene rings is 1. The average Bonchev–Trinajstić information content (AvgIpc) is 2.70. The van der Waals surface area contributed by atoms with Gasteiger partial charge in [-0.05, 0) is 23.5 Å². The first kappa shape index (κ1) is 11.0. The van der Waals surface area contributed by atoms with E-state index in [1.165, 1.54) is 11.1 Å². The van der Waals surface area contributed by atoms with Gasteiger partial charge < -0.3 is 0 Å². The van der Waals surface area contributed by atoms with Crippen LogP contribution in [0.3, 0.4) is 0 Å². The van der Waals surface area contributed by atoms with Crippen LogP contribution < -0.4 is 0 Å². The van der Waals surface area contributed by atoms with Gasteiger partial charge in [0.1, 0.15) is 0 Å². The molecule has 0 saturated carbocycles. The highest BCUT2D eigenvalue weighted by atomic mass is 35.5. The number of fused-ring (bicyclic) bond motifs is 1. The van der Waals surface area contributed by atoms with Gasteiger partial charge in [0.25, 0.3) is 0 Å². The minimum Gasteiger partial charge on any atom is -0.127 e. The maximum absolute atomic E-state index is 6.00. The molecule has 1 aromatic carbocycles. The van der Waals surface area contributed by atoms with Gasteiger partial charge in [0, 0.05) is 17.7 Å². The highest BCUT2D eigenvalue weighted by molar-refractivity contribution is 6.19. The molecule has 0 nitrogen and oxygen atoms in total. The van der Waals surface area contributed by atoms with Crippen molar-refractivity contribution in [2.24, 2.45) is 5.92 Å². The van der Waals surface area contributed by atoms with Crippen molar-refractivity contribution in [2.75, 3.05) is 11.8 Å². The van der Waals surface area contributed by atoms with Gasteiger partial charge in [-0.15, -0.1) is 23.2 Å². The third-order valence-electron chi connectivity index (χ3n) is 3.02. The SMILES string of the molecule is ClCCC(CCl)C1C=Cc2ccccc21. The standard InChI is InChI=1S/C13H14Cl2/c14-8-7-11(9-15)13-6-5-10-3-1-2-4-12(10)13/h1-6,11,13H,7-9H2. The molecule has 2 rings (SSSR count). The molecule has 80 valence electrons. The lowest BCUT2D eigenvalue weighted by molar-refractivity contribution is 0.520. The largest absolute Gasteiger partial charge is 0.127 e. The first-order valence-corrected chi connectivity index (χ1v) is 6.32. The van der Waals surface area contributed by atoms with Crippen LogP contribution in [0.5, 0.6) is 0 Å². The summed E-state index contributed by atoms with van der Waals surface area (Å²) in [5.41, 5.74) is 2.72. The number of alkyl halides is 2. The fraction of sp³-hybridized carbons (Fsp3) is 0.385. The monoisotopic (exact) mass is 240 g/mol. The molecule has 0 spiro atoms. The van der Waals surface area contributed by atoms with Crippen molar-refractivity contribution in [2.45, 2.75) is 12.3 Å². The molecule has 0 N–H and O–H groups in total. The van der Waals surface area contributed by atoms with Gasteiger partial charge in [0.05, 0.1) is 0 Å². The Kier molecular flexibility index (Phi) is 3.71. The molecule has 2 unspecified atom stereocenters. The predicted octanol–water partition coefficient (Wildman–Crippen LogP) is 4.28. The zero-order valence-electron chi connectivity index (χ0n) is 8.50. The maximum atomic E-state index is 6.00. The molecule has 1 aromatic rings. The van der Waals surface area contributed by atoms with E-state index >= 15 is 0 Å². The van der Waals surface area contributed by atoms with E-state index < -0.39 is 0 Å². The molecular formula is C13H14Cl2. The topological polar surface area (TPSA) is 0 Å². The van der Waals surface area contributed by atoms with Crippen molar-refractivity contribution in [3.63, 3.8) is 0 Å². The van der Waals surface area contributed by atoms with E-state index in [-0.39, 0.29) is 0 Å². The summed E-state index contributed by atoms with van der Waals surface area (Å²) in [5, 5.41) is 0. The first-order chi connectivity index (χ1) is 7.36. The summed E-state index contributed by atoms with van der Waals surface area (Å²) in [7, 11) is 0. The van der Waals surface area contributed by atoms with Crippen LogP contribution in [-0.4, -0.2) is 11.8 Å². The maximum Gasteiger partial charge on any atom is 0.0261 e. The third-order valence-corrected chi connectivity index (χ3v) is 3.64. The summed E-state index contributed by atoms with van der Waals surface area (Å²) in [6, 6.07) is 8.50. The van der Waals surface area contributed by atoms with Crippen molar-refractivity contribution < 1.29 is 0 Å². The predicted molar refractivity (Wildman–Crippen MR) is 67.8 cm³/mol. The van der Waals surface area contributed by atoms with E-state index in [9.17, 15) is 0 Å². The summed E-state index contributed by atoms with van der Waals surface area (Å²) in [6.07, 6.45) is 5.42. The van der Waals surface area contributed by atoms with Gasteiger partial charge in [-0.3, -0.25) is 0 Å². The van der Waals surface area contributed by atoms with Gasteiger partial charge in [0.2, 0.25) is 0 Å². The number of hydrogen-bond donors (Lipinski definition) is 0. The molecule has 15 heavy (non-hydrogen) atoms. The van der Waals surface area contributed by atoms with Crippen molar-refractivity contribution in [1.82, 2.24) is 0 Å². The van der Waals surface area contributed by atoms with Gasteiger partial charge >= 0.3 is 0 Å². The van der Waals surface area contributed by atoms with Crippen LogP contribution in [0.15, 0.2) is 30.3 Å². The van der Waals surface area contributed by atoms with Crippen LogP contribution in [0.1, 0.15) is 23.5 Å². The lowest BCUT2D eigenvalue weighted by Crippen LogP contribution is -2.12. The van der Waals surface area contributed by atoms with Crippen LogP contribution in [-0.2, 0) is 0 Å². The van der Waals surface area contributed by atoms with Crippen molar-refractivity contribution in [1.29, 1.82) is 0 Å². The van der Waals surface area contributed by atoms with Gasteiger partial charge in [0.15, 0.2) is 0 Å². The number of hydrogen-bond acceptors (Lipinski definition) is 0. The van der Waals surface area contributed by atoms with E-state index in [4.69, 9.17) is 23.2 Å². The van der Waals surface area contributed by atoms with Gasteiger partial charge in [-0.1, -0.05) is 36.4 Å². The number of halogens is 2. The Balaban J connectivity index is 2.22. The Bertz CT molecular complexity index is 357. The van der Waals surface area contributed by atoms with E-state index in [1.54, 1.807) is 0 Å². The summed E-state index contributed by atoms with van der Waals surface area (Å²) >= 11 is 11.8. The smallest absolute Gasteiger partial charge is 0.0261 e. The molecule has 0 heterocycles. The second kappa shape index (κ2) is 5.05. The Hall–Kier alpha value is -0.460. The zero-order valence-corrected chi connectivity index (χ0v) is 10.0. The Labute approximate surface area is 101 Å². The highest BCUT2D eigenvalue weighted by Crippen LogP contribution is 2.37. The minimum absolute atomic E-state index is 0.456. The molecule has 0 amide bonds. The highest BCUT2D eigenvalue weighted by Gasteiger charge is 2.24. The van der Waals surface area contributed by atoms with E-state index in [0.717, 1.165) is 6.42 Å². The summed E-state index contributed by atoms with van der Waals surface area (Å²) in [4.78, 5) is 0. The lowest BCUT2D eigenvalue weighted by atomic mass is 9.87. The summed E-state index contributed by atoms with van der Waals surface area (Å²) in [6.45, 7) is 0. The number of allylic oxidation sites excluding steroid dienone is 1. The molecule has 0 aromatic heterocycles. The van der Waals surface area contributed by atoms with Crippen molar-refractivity contribution in [3.8, 4) is 0 Å². The fourth-order valence-electron chi connectivity index (χ4n) is 2.18. The Morgan fingerprint density at radius 2 is 2.00 bits per heavy atom. The summed E-state index contributed by atoms with van der Waals surface area (Å²) < 4.78 is 0. The van der Waals surface area contributed by atoms with Gasteiger partial charge in [-0.25, -0.2) is 0 Å². The first-order valence-electron chi connectivity index (χ1n) is 5.26. The molecule has 0 radical (unpaired) electrons. The molecule has 1 aliphatic carbocycles. The van der Waals surface area contributed by atoms with E-state index in [0.29, 0.717) is 23.6 Å². The summed E-state index contributed by atoms with van der Waals surface area (Å²) in [5.74, 6) is 2.28. The molecule has 2 atom stereocenters. The quantitative estimate of drug-likeness (QED) is 0.690. The fourth-order valence-corrected chi connectivity index (χ4v) is 2.81. The lowest BCUT2D eigenvalue weighted by Gasteiger charge is -2.20. The molecular weight excluding hydrogens is 227 g/mol. The molecule has 0 bridgehead atoms.